The lowest BCUT2D eigenvalue weighted by Crippen LogP contribution is -2.34. The van der Waals surface area contributed by atoms with Crippen LogP contribution in [0.2, 0.25) is 5.02 Å². The van der Waals surface area contributed by atoms with Crippen LogP contribution in [-0.4, -0.2) is 54.6 Å². The molecule has 0 unspecified atom stereocenters. The fourth-order valence-electron chi connectivity index (χ4n) is 3.94. The molecule has 13 heteroatoms. The molecule has 1 amide bonds. The largest absolute Gasteiger partial charge is 0.495 e. The number of rotatable bonds is 8. The number of pyridine rings is 1. The van der Waals surface area contributed by atoms with E-state index in [4.69, 9.17) is 16.3 Å². The van der Waals surface area contributed by atoms with Gasteiger partial charge in [-0.15, -0.1) is 10.2 Å². The van der Waals surface area contributed by atoms with E-state index in [2.05, 4.69) is 41.4 Å². The Labute approximate surface area is 210 Å². The highest BCUT2D eigenvalue weighted by atomic mass is 35.5. The first-order chi connectivity index (χ1) is 17.5. The fourth-order valence-corrected chi connectivity index (χ4v) is 4.22. The molecule has 0 saturated carbocycles. The molecule has 5 aromatic rings. The number of imidazole rings is 1. The van der Waals surface area contributed by atoms with E-state index < -0.39 is 0 Å². The normalized spacial score (nSPS) is 11.2. The third kappa shape index (κ3) is 4.16. The lowest BCUT2D eigenvalue weighted by atomic mass is 10.1. The molecular formula is C23H23ClN10O2. The number of methoxy groups -OCH3 is 1. The second-order valence-corrected chi connectivity index (χ2v) is 8.22. The molecule has 1 aromatic carbocycles. The number of benzene rings is 1. The number of hydrazine groups is 1. The van der Waals surface area contributed by atoms with Gasteiger partial charge in [0, 0.05) is 43.3 Å². The number of carbonyl (C=O) groups is 1. The zero-order valence-electron chi connectivity index (χ0n) is 19.8. The van der Waals surface area contributed by atoms with Crippen molar-refractivity contribution in [2.24, 2.45) is 0 Å². The third-order valence-electron chi connectivity index (χ3n) is 5.66. The second kappa shape index (κ2) is 9.76. The number of ether oxygens (including phenoxy) is 1. The van der Waals surface area contributed by atoms with E-state index in [9.17, 15) is 4.79 Å². The van der Waals surface area contributed by atoms with Crippen LogP contribution < -0.4 is 20.9 Å². The number of hydrogen-bond donors (Lipinski definition) is 3. The molecular weight excluding hydrogens is 484 g/mol. The van der Waals surface area contributed by atoms with Gasteiger partial charge in [-0.1, -0.05) is 17.7 Å². The number of nitrogens with one attached hydrogen (secondary N) is 3. The number of anilines is 1. The maximum absolute atomic E-state index is 12.2. The Morgan fingerprint density at radius 2 is 2.03 bits per heavy atom. The van der Waals surface area contributed by atoms with Crippen molar-refractivity contribution >= 4 is 45.1 Å². The molecule has 0 bridgehead atoms. The Morgan fingerprint density at radius 1 is 1.17 bits per heavy atom. The van der Waals surface area contributed by atoms with E-state index in [1.165, 1.54) is 6.33 Å². The highest BCUT2D eigenvalue weighted by Crippen LogP contribution is 2.32. The number of hydrogen-bond acceptors (Lipinski definition) is 9. The number of halogens is 1. The monoisotopic (exact) mass is 506 g/mol. The van der Waals surface area contributed by atoms with Crippen molar-refractivity contribution in [2.45, 2.75) is 20.0 Å². The van der Waals surface area contributed by atoms with Crippen molar-refractivity contribution in [1.29, 1.82) is 0 Å². The summed E-state index contributed by atoms with van der Waals surface area (Å²) in [5, 5.41) is 19.6. The van der Waals surface area contributed by atoms with Gasteiger partial charge >= 0.3 is 0 Å². The van der Waals surface area contributed by atoms with Gasteiger partial charge in [0.1, 0.15) is 17.8 Å². The Hall–Kier alpha value is -4.29. The predicted octanol–water partition coefficient (Wildman–Crippen LogP) is 2.72. The molecule has 0 aliphatic rings. The highest BCUT2D eigenvalue weighted by Gasteiger charge is 2.18. The summed E-state index contributed by atoms with van der Waals surface area (Å²) in [4.78, 5) is 21.0. The Balaban J connectivity index is 1.60. The van der Waals surface area contributed by atoms with Crippen molar-refractivity contribution in [3.63, 3.8) is 0 Å². The van der Waals surface area contributed by atoms with E-state index in [0.29, 0.717) is 35.5 Å². The van der Waals surface area contributed by atoms with Gasteiger partial charge in [0.15, 0.2) is 17.3 Å². The fraction of sp³-hybridized carbons (Fsp3) is 0.217. The van der Waals surface area contributed by atoms with Crippen molar-refractivity contribution in [3.8, 4) is 11.6 Å². The number of carbonyl (C=O) groups excluding carboxylic acids is 1. The lowest BCUT2D eigenvalue weighted by molar-refractivity contribution is 0.0933. The number of amides is 1. The summed E-state index contributed by atoms with van der Waals surface area (Å²) in [6, 6.07) is 5.59. The standard InChI is InChI=1S/C23H23ClN10O2/c1-4-34-21-15(10-29-34)19-14(9-27-21)22(33-11-17(28-12-33)23(35)32-25-2)31-30-20(19)26-8-13-5-6-18(36-3)16(24)7-13/h5-7,9-12,25H,4,8H2,1-3H3,(H,26,30)(H,32,35). The predicted molar refractivity (Wildman–Crippen MR) is 135 cm³/mol. The van der Waals surface area contributed by atoms with Crippen LogP contribution in [0.1, 0.15) is 23.0 Å². The van der Waals surface area contributed by atoms with Crippen LogP contribution in [0, 0.1) is 0 Å². The van der Waals surface area contributed by atoms with Crippen LogP contribution in [0.15, 0.2) is 43.1 Å². The maximum atomic E-state index is 12.2. The van der Waals surface area contributed by atoms with Crippen molar-refractivity contribution < 1.29 is 9.53 Å². The smallest absolute Gasteiger partial charge is 0.285 e. The van der Waals surface area contributed by atoms with E-state index in [1.807, 2.05) is 29.8 Å². The topological polar surface area (TPSA) is 137 Å². The third-order valence-corrected chi connectivity index (χ3v) is 5.96. The lowest BCUT2D eigenvalue weighted by Gasteiger charge is -2.13. The summed E-state index contributed by atoms with van der Waals surface area (Å²) in [6.45, 7) is 3.13. The summed E-state index contributed by atoms with van der Waals surface area (Å²) in [5.41, 5.74) is 7.01. The van der Waals surface area contributed by atoms with E-state index in [1.54, 1.807) is 37.3 Å². The average Bonchev–Trinajstić information content (AvgIpc) is 3.55. The number of aromatic nitrogens is 7. The molecule has 0 radical (unpaired) electrons. The van der Waals surface area contributed by atoms with E-state index in [-0.39, 0.29) is 11.6 Å². The molecule has 5 rings (SSSR count). The summed E-state index contributed by atoms with van der Waals surface area (Å²) < 4.78 is 8.70. The second-order valence-electron chi connectivity index (χ2n) is 7.81. The molecule has 12 nitrogen and oxygen atoms in total. The molecule has 184 valence electrons. The highest BCUT2D eigenvalue weighted by molar-refractivity contribution is 6.32. The van der Waals surface area contributed by atoms with Gasteiger partial charge in [0.2, 0.25) is 0 Å². The summed E-state index contributed by atoms with van der Waals surface area (Å²) >= 11 is 6.29. The minimum atomic E-state index is -0.366. The van der Waals surface area contributed by atoms with Crippen LogP contribution in [0.5, 0.6) is 5.75 Å². The average molecular weight is 507 g/mol. The molecule has 4 aromatic heterocycles. The Morgan fingerprint density at radius 3 is 2.78 bits per heavy atom. The Bertz CT molecular complexity index is 1580. The molecule has 36 heavy (non-hydrogen) atoms. The molecule has 0 aliphatic heterocycles. The van der Waals surface area contributed by atoms with Crippen molar-refractivity contribution in [2.75, 3.05) is 19.5 Å². The minimum absolute atomic E-state index is 0.228. The van der Waals surface area contributed by atoms with Gasteiger partial charge in [-0.05, 0) is 24.6 Å². The first-order valence-corrected chi connectivity index (χ1v) is 11.5. The zero-order valence-corrected chi connectivity index (χ0v) is 20.5. The van der Waals surface area contributed by atoms with Gasteiger partial charge in [-0.25, -0.2) is 20.1 Å². The molecule has 0 atom stereocenters. The number of nitrogens with zero attached hydrogens (tertiary/aromatic N) is 7. The molecule has 0 saturated heterocycles. The number of aryl methyl sites for hydroxylation is 1. The molecule has 0 aliphatic carbocycles. The molecule has 3 N–H and O–H groups in total. The van der Waals surface area contributed by atoms with Crippen LogP contribution in [-0.2, 0) is 13.1 Å². The van der Waals surface area contributed by atoms with Gasteiger partial charge in [0.05, 0.1) is 23.7 Å². The summed E-state index contributed by atoms with van der Waals surface area (Å²) in [6.07, 6.45) is 6.61. The molecule has 0 spiro atoms. The van der Waals surface area contributed by atoms with Gasteiger partial charge in [-0.3, -0.25) is 14.8 Å². The van der Waals surface area contributed by atoms with E-state index >= 15 is 0 Å². The van der Waals surface area contributed by atoms with E-state index in [0.717, 1.165) is 27.4 Å². The van der Waals surface area contributed by atoms with Crippen molar-refractivity contribution in [1.82, 2.24) is 45.4 Å². The van der Waals surface area contributed by atoms with Crippen LogP contribution in [0.3, 0.4) is 0 Å². The zero-order chi connectivity index (χ0) is 25.2. The SMILES string of the molecule is CCn1ncc2c3c(NCc4ccc(OC)c(Cl)c4)nnc(-n4cnc(C(=O)NNC)c4)c3cnc21. The van der Waals surface area contributed by atoms with Crippen LogP contribution in [0.25, 0.3) is 27.6 Å². The summed E-state index contributed by atoms with van der Waals surface area (Å²) in [5.74, 6) is 1.29. The molecule has 0 fully saturated rings. The van der Waals surface area contributed by atoms with Crippen LogP contribution >= 0.6 is 11.6 Å². The van der Waals surface area contributed by atoms with Crippen LogP contribution in [0.4, 0.5) is 5.82 Å². The quantitative estimate of drug-likeness (QED) is 0.271. The minimum Gasteiger partial charge on any atom is -0.495 e. The first kappa shape index (κ1) is 23.5. The maximum Gasteiger partial charge on any atom is 0.285 e. The summed E-state index contributed by atoms with van der Waals surface area (Å²) in [7, 11) is 3.18. The Kier molecular flexibility index (Phi) is 6.36. The van der Waals surface area contributed by atoms with Gasteiger partial charge in [0.25, 0.3) is 5.91 Å². The van der Waals surface area contributed by atoms with Gasteiger partial charge in [-0.2, -0.15) is 5.10 Å². The van der Waals surface area contributed by atoms with Crippen molar-refractivity contribution in [3.05, 3.63) is 59.4 Å². The first-order valence-electron chi connectivity index (χ1n) is 11.1. The number of fused-ring (bicyclic) bond motifs is 3. The van der Waals surface area contributed by atoms with Gasteiger partial charge < -0.3 is 10.1 Å². The molecule has 4 heterocycles.